The van der Waals surface area contributed by atoms with Crippen LogP contribution in [0.4, 0.5) is 11.4 Å². The Morgan fingerprint density at radius 3 is 2.33 bits per heavy atom. The maximum atomic E-state index is 11.1. The molecule has 0 amide bonds. The van der Waals surface area contributed by atoms with Crippen LogP contribution in [-0.4, -0.2) is 17.5 Å². The van der Waals surface area contributed by atoms with Gasteiger partial charge in [0.2, 0.25) is 0 Å². The Bertz CT molecular complexity index is 698. The van der Waals surface area contributed by atoms with E-state index >= 15 is 0 Å². The third-order valence-corrected chi connectivity index (χ3v) is 3.01. The number of nitrogen functional groups attached to an aromatic ring is 2. The van der Waals surface area contributed by atoms with Crippen molar-refractivity contribution in [3.63, 3.8) is 0 Å². The molecule has 0 fully saturated rings. The Hall–Kier alpha value is -3.02. The molecule has 0 saturated carbocycles. The number of ether oxygens (including phenoxy) is 1. The summed E-state index contributed by atoms with van der Waals surface area (Å²) in [6.45, 7) is 0.307. The summed E-state index contributed by atoms with van der Waals surface area (Å²) in [5, 5.41) is 9.05. The van der Waals surface area contributed by atoms with E-state index in [1.807, 2.05) is 0 Å². The van der Waals surface area contributed by atoms with Crippen LogP contribution >= 0.6 is 0 Å². The summed E-state index contributed by atoms with van der Waals surface area (Å²) < 4.78 is 4.78. The zero-order valence-corrected chi connectivity index (χ0v) is 11.1. The topological polar surface area (TPSA) is 116 Å². The highest BCUT2D eigenvalue weighted by atomic mass is 16.5. The van der Waals surface area contributed by atoms with Crippen LogP contribution in [0.5, 0.6) is 5.75 Å². The van der Waals surface area contributed by atoms with Crippen LogP contribution in [0.15, 0.2) is 36.4 Å². The minimum Gasteiger partial charge on any atom is -0.478 e. The molecule has 0 atom stereocenters. The van der Waals surface area contributed by atoms with E-state index in [1.165, 1.54) is 6.07 Å². The largest absolute Gasteiger partial charge is 0.478 e. The molecule has 0 unspecified atom stereocenters. The maximum Gasteiger partial charge on any atom is 0.337 e. The SMILES string of the molecule is Nc1ccc(Cc2ccc(N)c(C(=O)O)c2)cc1OC=O. The van der Waals surface area contributed by atoms with Crippen molar-refractivity contribution in [1.29, 1.82) is 0 Å². The fourth-order valence-electron chi connectivity index (χ4n) is 1.98. The van der Waals surface area contributed by atoms with Crippen molar-refractivity contribution in [3.05, 3.63) is 53.1 Å². The summed E-state index contributed by atoms with van der Waals surface area (Å²) in [6, 6.07) is 9.87. The number of hydrogen-bond acceptors (Lipinski definition) is 5. The number of carboxylic acid groups (broad SMARTS) is 1. The van der Waals surface area contributed by atoms with Crippen molar-refractivity contribution in [2.75, 3.05) is 11.5 Å². The lowest BCUT2D eigenvalue weighted by Crippen LogP contribution is -2.03. The van der Waals surface area contributed by atoms with Crippen LogP contribution < -0.4 is 16.2 Å². The van der Waals surface area contributed by atoms with Gasteiger partial charge in [-0.15, -0.1) is 0 Å². The second kappa shape index (κ2) is 5.96. The molecule has 2 rings (SSSR count). The molecule has 0 heterocycles. The third kappa shape index (κ3) is 3.30. The van der Waals surface area contributed by atoms with Crippen molar-refractivity contribution in [2.24, 2.45) is 0 Å². The molecular weight excluding hydrogens is 272 g/mol. The van der Waals surface area contributed by atoms with Gasteiger partial charge >= 0.3 is 5.97 Å². The van der Waals surface area contributed by atoms with Gasteiger partial charge in [-0.05, 0) is 41.8 Å². The fraction of sp³-hybridized carbons (Fsp3) is 0.0667. The lowest BCUT2D eigenvalue weighted by molar-refractivity contribution is -0.120. The molecule has 0 bridgehead atoms. The Morgan fingerprint density at radius 2 is 1.71 bits per heavy atom. The zero-order chi connectivity index (χ0) is 15.4. The number of hydrogen-bond donors (Lipinski definition) is 3. The molecule has 0 aliphatic carbocycles. The molecule has 0 aliphatic rings. The third-order valence-electron chi connectivity index (χ3n) is 3.01. The average molecular weight is 286 g/mol. The van der Waals surface area contributed by atoms with Gasteiger partial charge in [0, 0.05) is 5.69 Å². The number of anilines is 2. The van der Waals surface area contributed by atoms with Gasteiger partial charge < -0.3 is 21.3 Å². The molecule has 21 heavy (non-hydrogen) atoms. The summed E-state index contributed by atoms with van der Waals surface area (Å²) in [5.74, 6) is -0.798. The van der Waals surface area contributed by atoms with Gasteiger partial charge in [0.25, 0.3) is 6.47 Å². The van der Waals surface area contributed by atoms with Gasteiger partial charge in [-0.3, -0.25) is 4.79 Å². The maximum absolute atomic E-state index is 11.1. The Morgan fingerprint density at radius 1 is 1.10 bits per heavy atom. The van der Waals surface area contributed by atoms with E-state index in [-0.39, 0.29) is 17.0 Å². The lowest BCUT2D eigenvalue weighted by Gasteiger charge is -2.08. The molecule has 0 aromatic heterocycles. The quantitative estimate of drug-likeness (QED) is 0.569. The number of rotatable bonds is 5. The predicted molar refractivity (Wildman–Crippen MR) is 78.2 cm³/mol. The summed E-state index contributed by atoms with van der Waals surface area (Å²) in [7, 11) is 0. The number of carbonyl (C=O) groups is 2. The lowest BCUT2D eigenvalue weighted by atomic mass is 10.0. The van der Waals surface area contributed by atoms with Gasteiger partial charge in [0.15, 0.2) is 5.75 Å². The Balaban J connectivity index is 2.30. The van der Waals surface area contributed by atoms with Crippen molar-refractivity contribution in [2.45, 2.75) is 6.42 Å². The fourth-order valence-corrected chi connectivity index (χ4v) is 1.98. The molecule has 2 aromatic rings. The van der Waals surface area contributed by atoms with Crippen molar-refractivity contribution < 1.29 is 19.4 Å². The van der Waals surface area contributed by atoms with E-state index in [2.05, 4.69) is 0 Å². The Labute approximate surface area is 120 Å². The smallest absolute Gasteiger partial charge is 0.337 e. The van der Waals surface area contributed by atoms with Crippen LogP contribution in [0.3, 0.4) is 0 Å². The molecule has 0 spiro atoms. The van der Waals surface area contributed by atoms with Crippen LogP contribution in [0.25, 0.3) is 0 Å². The summed E-state index contributed by atoms with van der Waals surface area (Å²) >= 11 is 0. The number of benzene rings is 2. The van der Waals surface area contributed by atoms with E-state index < -0.39 is 5.97 Å². The van der Waals surface area contributed by atoms with Crippen LogP contribution in [-0.2, 0) is 11.2 Å². The van der Waals surface area contributed by atoms with E-state index in [4.69, 9.17) is 21.3 Å². The summed E-state index contributed by atoms with van der Waals surface area (Å²) in [4.78, 5) is 21.5. The van der Waals surface area contributed by atoms with Gasteiger partial charge in [0.05, 0.1) is 11.3 Å². The van der Waals surface area contributed by atoms with Gasteiger partial charge in [-0.25, -0.2) is 4.79 Å². The molecule has 108 valence electrons. The zero-order valence-electron chi connectivity index (χ0n) is 11.1. The number of carbonyl (C=O) groups excluding carboxylic acids is 1. The Kier molecular flexibility index (Phi) is 4.08. The van der Waals surface area contributed by atoms with Crippen LogP contribution in [0.1, 0.15) is 21.5 Å². The van der Waals surface area contributed by atoms with Crippen LogP contribution in [0, 0.1) is 0 Å². The molecule has 0 radical (unpaired) electrons. The molecule has 2 aromatic carbocycles. The molecule has 6 heteroatoms. The second-order valence-electron chi connectivity index (χ2n) is 4.49. The number of carboxylic acids is 1. The van der Waals surface area contributed by atoms with Gasteiger partial charge in [-0.1, -0.05) is 12.1 Å². The minimum atomic E-state index is -1.07. The molecule has 0 saturated heterocycles. The van der Waals surface area contributed by atoms with E-state index in [0.717, 1.165) is 11.1 Å². The molecule has 6 nitrogen and oxygen atoms in total. The predicted octanol–water partition coefficient (Wildman–Crippen LogP) is 1.68. The normalized spacial score (nSPS) is 10.1. The summed E-state index contributed by atoms with van der Waals surface area (Å²) in [5.41, 5.74) is 13.5. The number of aromatic carboxylic acids is 1. The second-order valence-corrected chi connectivity index (χ2v) is 4.49. The minimum absolute atomic E-state index is 0.0623. The van der Waals surface area contributed by atoms with Crippen molar-refractivity contribution in [1.82, 2.24) is 0 Å². The van der Waals surface area contributed by atoms with E-state index in [0.29, 0.717) is 18.6 Å². The first kappa shape index (κ1) is 14.4. The van der Waals surface area contributed by atoms with Gasteiger partial charge in [0.1, 0.15) is 0 Å². The first-order valence-corrected chi connectivity index (χ1v) is 6.11. The molecular formula is C15H14N2O4. The first-order valence-electron chi connectivity index (χ1n) is 6.11. The number of nitrogens with two attached hydrogens (primary N) is 2. The highest BCUT2D eigenvalue weighted by Crippen LogP contribution is 2.24. The summed E-state index contributed by atoms with van der Waals surface area (Å²) in [6.07, 6.45) is 0.468. The average Bonchev–Trinajstić information content (AvgIpc) is 2.44. The highest BCUT2D eigenvalue weighted by molar-refractivity contribution is 5.93. The van der Waals surface area contributed by atoms with Gasteiger partial charge in [-0.2, -0.15) is 0 Å². The van der Waals surface area contributed by atoms with Crippen molar-refractivity contribution in [3.8, 4) is 5.75 Å². The highest BCUT2D eigenvalue weighted by Gasteiger charge is 2.10. The molecule has 0 aliphatic heterocycles. The van der Waals surface area contributed by atoms with Crippen LogP contribution in [0.2, 0.25) is 0 Å². The standard InChI is InChI=1S/C15H14N2O4/c16-12-3-1-9(6-11(12)15(19)20)5-10-2-4-13(17)14(7-10)21-8-18/h1-4,6-8H,5,16-17H2,(H,19,20). The van der Waals surface area contributed by atoms with E-state index in [9.17, 15) is 9.59 Å². The van der Waals surface area contributed by atoms with Crippen molar-refractivity contribution >= 4 is 23.8 Å². The van der Waals surface area contributed by atoms with E-state index in [1.54, 1.807) is 30.3 Å². The first-order chi connectivity index (χ1) is 10.0. The molecule has 5 N–H and O–H groups in total. The monoisotopic (exact) mass is 286 g/mol.